The van der Waals surface area contributed by atoms with E-state index in [2.05, 4.69) is 10.3 Å². The molecular formula is C24H24FN5O4. The number of fused-ring (bicyclic) bond motifs is 1. The van der Waals surface area contributed by atoms with Crippen molar-refractivity contribution >= 4 is 22.8 Å². The Bertz CT molecular complexity index is 1460. The topological polar surface area (TPSA) is 100 Å². The number of nitrogens with zero attached hydrogens (tertiary/aromatic N) is 4. The van der Waals surface area contributed by atoms with Gasteiger partial charge in [-0.15, -0.1) is 0 Å². The largest absolute Gasteiger partial charge is 0.383 e. The number of imidazole rings is 1. The van der Waals surface area contributed by atoms with Crippen LogP contribution >= 0.6 is 0 Å². The lowest BCUT2D eigenvalue weighted by Gasteiger charge is -2.13. The monoisotopic (exact) mass is 465 g/mol. The number of amides is 1. The first kappa shape index (κ1) is 23.1. The van der Waals surface area contributed by atoms with Gasteiger partial charge in [0.1, 0.15) is 12.4 Å². The van der Waals surface area contributed by atoms with Crippen LogP contribution in [0.2, 0.25) is 0 Å². The Morgan fingerprint density at radius 1 is 1.12 bits per heavy atom. The fourth-order valence-corrected chi connectivity index (χ4v) is 3.70. The highest BCUT2D eigenvalue weighted by Crippen LogP contribution is 2.15. The molecule has 0 fully saturated rings. The van der Waals surface area contributed by atoms with E-state index in [1.807, 2.05) is 30.3 Å². The van der Waals surface area contributed by atoms with E-state index in [-0.39, 0.29) is 23.4 Å². The molecule has 0 unspecified atom stereocenters. The minimum absolute atomic E-state index is 0.0283. The van der Waals surface area contributed by atoms with Crippen molar-refractivity contribution < 1.29 is 13.9 Å². The molecule has 0 atom stereocenters. The second kappa shape index (κ2) is 9.84. The molecule has 1 N–H and O–H groups in total. The summed E-state index contributed by atoms with van der Waals surface area (Å²) in [7, 11) is 1.54. The Labute approximate surface area is 194 Å². The van der Waals surface area contributed by atoms with Crippen molar-refractivity contribution in [3.05, 3.63) is 92.6 Å². The molecule has 0 saturated carbocycles. The van der Waals surface area contributed by atoms with Crippen molar-refractivity contribution in [2.45, 2.75) is 26.6 Å². The summed E-state index contributed by atoms with van der Waals surface area (Å²) >= 11 is 0. The number of carbonyl (C=O) groups is 1. The van der Waals surface area contributed by atoms with Crippen LogP contribution in [0.1, 0.15) is 11.1 Å². The summed E-state index contributed by atoms with van der Waals surface area (Å²) in [4.78, 5) is 43.6. The number of aryl methyl sites for hydroxylation is 1. The smallest absolute Gasteiger partial charge is 0.333 e. The molecule has 2 aromatic heterocycles. The van der Waals surface area contributed by atoms with E-state index >= 15 is 0 Å². The van der Waals surface area contributed by atoms with Crippen LogP contribution in [0.5, 0.6) is 0 Å². The molecule has 0 aliphatic heterocycles. The molecule has 0 saturated heterocycles. The standard InChI is InChI=1S/C24H24FN5O4/c1-16-8-9-19(18(25)12-16)27-20(31)14-30-23(32)21-22(26-15-28(21)10-11-34-2)29(24(30)33)13-17-6-4-3-5-7-17/h3-9,12,15H,10-11,13-14H2,1-2H3,(H,27,31). The predicted octanol–water partition coefficient (Wildman–Crippen LogP) is 2.14. The molecule has 0 spiro atoms. The number of nitrogens with one attached hydrogen (secondary N) is 1. The third-order valence-electron chi connectivity index (χ3n) is 5.40. The van der Waals surface area contributed by atoms with Gasteiger partial charge in [0, 0.05) is 13.7 Å². The molecule has 0 bridgehead atoms. The number of methoxy groups -OCH3 is 1. The van der Waals surface area contributed by atoms with Crippen LogP contribution in [-0.4, -0.2) is 38.3 Å². The second-order valence-corrected chi connectivity index (χ2v) is 7.88. The van der Waals surface area contributed by atoms with Crippen LogP contribution in [0, 0.1) is 12.7 Å². The molecule has 34 heavy (non-hydrogen) atoms. The molecule has 0 aliphatic carbocycles. The maximum Gasteiger partial charge on any atom is 0.333 e. The summed E-state index contributed by atoms with van der Waals surface area (Å²) in [6.07, 6.45) is 1.47. The Morgan fingerprint density at radius 2 is 1.88 bits per heavy atom. The van der Waals surface area contributed by atoms with Gasteiger partial charge < -0.3 is 14.6 Å². The van der Waals surface area contributed by atoms with Gasteiger partial charge in [-0.25, -0.2) is 18.7 Å². The van der Waals surface area contributed by atoms with Gasteiger partial charge in [-0.05, 0) is 30.2 Å². The first-order valence-electron chi connectivity index (χ1n) is 10.7. The van der Waals surface area contributed by atoms with E-state index in [1.54, 1.807) is 17.6 Å². The van der Waals surface area contributed by atoms with Crippen LogP contribution in [0.15, 0.2) is 64.4 Å². The number of rotatable bonds is 8. The maximum atomic E-state index is 14.2. The van der Waals surface area contributed by atoms with Crippen molar-refractivity contribution in [2.24, 2.45) is 0 Å². The van der Waals surface area contributed by atoms with Gasteiger partial charge in [0.2, 0.25) is 5.91 Å². The van der Waals surface area contributed by atoms with Gasteiger partial charge >= 0.3 is 5.69 Å². The molecule has 176 valence electrons. The third kappa shape index (κ3) is 4.67. The quantitative estimate of drug-likeness (QED) is 0.430. The van der Waals surface area contributed by atoms with Crippen molar-refractivity contribution in [2.75, 3.05) is 19.0 Å². The zero-order chi connectivity index (χ0) is 24.2. The fourth-order valence-electron chi connectivity index (χ4n) is 3.70. The number of ether oxygens (including phenoxy) is 1. The number of halogens is 1. The van der Waals surface area contributed by atoms with Gasteiger partial charge in [0.15, 0.2) is 11.2 Å². The number of anilines is 1. The van der Waals surface area contributed by atoms with E-state index in [1.165, 1.54) is 30.1 Å². The first-order chi connectivity index (χ1) is 16.4. The summed E-state index contributed by atoms with van der Waals surface area (Å²) < 4.78 is 23.1. The molecule has 1 amide bonds. The summed E-state index contributed by atoms with van der Waals surface area (Å²) in [6.45, 7) is 1.98. The molecule has 4 aromatic rings. The molecular weight excluding hydrogens is 441 g/mol. The summed E-state index contributed by atoms with van der Waals surface area (Å²) in [5.41, 5.74) is 0.562. The lowest BCUT2D eigenvalue weighted by atomic mass is 10.2. The van der Waals surface area contributed by atoms with E-state index in [0.717, 1.165) is 10.1 Å². The lowest BCUT2D eigenvalue weighted by Crippen LogP contribution is -2.43. The van der Waals surface area contributed by atoms with Crippen molar-refractivity contribution in [1.82, 2.24) is 18.7 Å². The normalized spacial score (nSPS) is 11.1. The van der Waals surface area contributed by atoms with Crippen LogP contribution in [0.4, 0.5) is 10.1 Å². The molecule has 0 aliphatic rings. The van der Waals surface area contributed by atoms with Gasteiger partial charge in [0.25, 0.3) is 5.56 Å². The zero-order valence-electron chi connectivity index (χ0n) is 18.8. The Kier molecular flexibility index (Phi) is 6.69. The number of hydrogen-bond donors (Lipinski definition) is 1. The SMILES string of the molecule is COCCn1cnc2c1c(=O)n(CC(=O)Nc1ccc(C)cc1F)c(=O)n2Cc1ccccc1. The maximum absolute atomic E-state index is 14.2. The molecule has 10 heteroatoms. The Balaban J connectivity index is 1.77. The van der Waals surface area contributed by atoms with Crippen LogP contribution in [-0.2, 0) is 29.2 Å². The molecule has 4 rings (SSSR count). The minimum atomic E-state index is -0.699. The highest BCUT2D eigenvalue weighted by atomic mass is 19.1. The average Bonchev–Trinajstić information content (AvgIpc) is 3.24. The Hall–Kier alpha value is -4.05. The van der Waals surface area contributed by atoms with Crippen molar-refractivity contribution in [3.8, 4) is 0 Å². The van der Waals surface area contributed by atoms with Gasteiger partial charge in [-0.1, -0.05) is 36.4 Å². The highest BCUT2D eigenvalue weighted by Gasteiger charge is 2.20. The zero-order valence-corrected chi connectivity index (χ0v) is 18.8. The number of benzene rings is 2. The average molecular weight is 465 g/mol. The predicted molar refractivity (Wildman–Crippen MR) is 125 cm³/mol. The third-order valence-corrected chi connectivity index (χ3v) is 5.40. The van der Waals surface area contributed by atoms with Gasteiger partial charge in [0.05, 0.1) is 25.2 Å². The van der Waals surface area contributed by atoms with E-state index in [0.29, 0.717) is 18.7 Å². The minimum Gasteiger partial charge on any atom is -0.383 e. The fraction of sp³-hybridized carbons (Fsp3) is 0.250. The number of aromatic nitrogens is 4. The lowest BCUT2D eigenvalue weighted by molar-refractivity contribution is -0.116. The first-order valence-corrected chi connectivity index (χ1v) is 10.7. The highest BCUT2D eigenvalue weighted by molar-refractivity contribution is 5.90. The van der Waals surface area contributed by atoms with Crippen LogP contribution in [0.25, 0.3) is 11.2 Å². The van der Waals surface area contributed by atoms with E-state index in [4.69, 9.17) is 4.74 Å². The van der Waals surface area contributed by atoms with Gasteiger partial charge in [-0.2, -0.15) is 0 Å². The summed E-state index contributed by atoms with van der Waals surface area (Å²) in [5, 5.41) is 2.44. The molecule has 2 heterocycles. The number of carbonyl (C=O) groups excluding carboxylic acids is 1. The summed E-state index contributed by atoms with van der Waals surface area (Å²) in [6, 6.07) is 13.6. The molecule has 2 aromatic carbocycles. The molecule has 0 radical (unpaired) electrons. The van der Waals surface area contributed by atoms with Crippen LogP contribution < -0.4 is 16.6 Å². The van der Waals surface area contributed by atoms with E-state index < -0.39 is 29.5 Å². The van der Waals surface area contributed by atoms with E-state index in [9.17, 15) is 18.8 Å². The second-order valence-electron chi connectivity index (χ2n) is 7.88. The van der Waals surface area contributed by atoms with Crippen molar-refractivity contribution in [1.29, 1.82) is 0 Å². The summed E-state index contributed by atoms with van der Waals surface area (Å²) in [5.74, 6) is -1.30. The number of hydrogen-bond acceptors (Lipinski definition) is 5. The van der Waals surface area contributed by atoms with Crippen molar-refractivity contribution in [3.63, 3.8) is 0 Å². The molecule has 9 nitrogen and oxygen atoms in total. The Morgan fingerprint density at radius 3 is 2.59 bits per heavy atom. The van der Waals surface area contributed by atoms with Crippen LogP contribution in [0.3, 0.4) is 0 Å². The van der Waals surface area contributed by atoms with Gasteiger partial charge in [-0.3, -0.25) is 14.2 Å².